The first-order valence-electron chi connectivity index (χ1n) is 3.78. The molecule has 0 bridgehead atoms. The van der Waals surface area contributed by atoms with Crippen molar-refractivity contribution >= 4 is 21.6 Å². The van der Waals surface area contributed by atoms with Crippen molar-refractivity contribution in [2.75, 3.05) is 0 Å². The maximum absolute atomic E-state index is 10.7. The molecular formula is C9H8BrNO3. The molecule has 0 saturated heterocycles. The second kappa shape index (κ2) is 4.23. The van der Waals surface area contributed by atoms with Crippen molar-refractivity contribution in [1.82, 2.24) is 0 Å². The van der Waals surface area contributed by atoms with Crippen LogP contribution < -0.4 is 4.74 Å². The lowest BCUT2D eigenvalue weighted by molar-refractivity contribution is -0.385. The Morgan fingerprint density at radius 3 is 2.79 bits per heavy atom. The number of nitro groups is 1. The molecule has 0 aliphatic carbocycles. The third kappa shape index (κ3) is 2.11. The summed E-state index contributed by atoms with van der Waals surface area (Å²) >= 11 is 3.18. The van der Waals surface area contributed by atoms with E-state index in [9.17, 15) is 10.1 Å². The lowest BCUT2D eigenvalue weighted by Gasteiger charge is -2.05. The van der Waals surface area contributed by atoms with Crippen LogP contribution in [0.2, 0.25) is 0 Å². The van der Waals surface area contributed by atoms with Gasteiger partial charge in [-0.25, -0.2) is 0 Å². The van der Waals surface area contributed by atoms with Crippen molar-refractivity contribution in [1.29, 1.82) is 0 Å². The summed E-state index contributed by atoms with van der Waals surface area (Å²) in [6.45, 7) is 5.10. The molecule has 0 spiro atoms. The maximum atomic E-state index is 10.7. The number of hydrogen-bond acceptors (Lipinski definition) is 3. The van der Waals surface area contributed by atoms with Crippen LogP contribution in [0.25, 0.3) is 0 Å². The molecule has 4 nitrogen and oxygen atoms in total. The fourth-order valence-electron chi connectivity index (χ4n) is 1.08. The number of halogens is 1. The predicted octanol–water partition coefficient (Wildman–Crippen LogP) is 3.19. The highest BCUT2D eigenvalue weighted by molar-refractivity contribution is 9.10. The molecule has 5 heteroatoms. The van der Waals surface area contributed by atoms with Crippen molar-refractivity contribution in [3.8, 4) is 5.75 Å². The van der Waals surface area contributed by atoms with E-state index in [2.05, 4.69) is 22.5 Å². The van der Waals surface area contributed by atoms with E-state index < -0.39 is 4.92 Å². The normalized spacial score (nSPS) is 9.57. The quantitative estimate of drug-likeness (QED) is 0.475. The van der Waals surface area contributed by atoms with E-state index in [0.29, 0.717) is 10.0 Å². The predicted molar refractivity (Wildman–Crippen MR) is 56.4 cm³/mol. The first kappa shape index (κ1) is 10.7. The van der Waals surface area contributed by atoms with Gasteiger partial charge in [0.1, 0.15) is 0 Å². The fraction of sp³-hybridized carbons (Fsp3) is 0.111. The van der Waals surface area contributed by atoms with Crippen molar-refractivity contribution in [3.63, 3.8) is 0 Å². The third-order valence-corrected chi connectivity index (χ3v) is 2.08. The number of nitro benzene ring substituents is 1. The number of aryl methyl sites for hydroxylation is 1. The number of nitrogens with zero attached hydrogens (tertiary/aromatic N) is 1. The van der Waals surface area contributed by atoms with Crippen LogP contribution in [0.15, 0.2) is 29.4 Å². The number of benzene rings is 1. The topological polar surface area (TPSA) is 52.4 Å². The Hall–Kier alpha value is -1.36. The van der Waals surface area contributed by atoms with E-state index in [0.717, 1.165) is 0 Å². The summed E-state index contributed by atoms with van der Waals surface area (Å²) in [4.78, 5) is 10.2. The van der Waals surface area contributed by atoms with Gasteiger partial charge in [-0.15, -0.1) is 0 Å². The smallest absolute Gasteiger partial charge is 0.312 e. The van der Waals surface area contributed by atoms with Crippen LogP contribution in [-0.4, -0.2) is 4.92 Å². The first-order chi connectivity index (χ1) is 6.56. The number of hydrogen-bond donors (Lipinski definition) is 0. The molecule has 1 rings (SSSR count). The zero-order chi connectivity index (χ0) is 10.7. The van der Waals surface area contributed by atoms with Gasteiger partial charge < -0.3 is 4.74 Å². The monoisotopic (exact) mass is 257 g/mol. The average molecular weight is 258 g/mol. The second-order valence-electron chi connectivity index (χ2n) is 2.61. The molecule has 0 radical (unpaired) electrons. The van der Waals surface area contributed by atoms with E-state index in [-0.39, 0.29) is 11.4 Å². The van der Waals surface area contributed by atoms with E-state index in [1.54, 1.807) is 13.0 Å². The minimum Gasteiger partial charge on any atom is -0.458 e. The van der Waals surface area contributed by atoms with Crippen LogP contribution >= 0.6 is 15.9 Å². The van der Waals surface area contributed by atoms with Gasteiger partial charge in [-0.3, -0.25) is 10.1 Å². The van der Waals surface area contributed by atoms with Crippen molar-refractivity contribution in [2.45, 2.75) is 6.92 Å². The fourth-order valence-corrected chi connectivity index (χ4v) is 1.64. The van der Waals surface area contributed by atoms with E-state index in [1.165, 1.54) is 12.3 Å². The van der Waals surface area contributed by atoms with Crippen LogP contribution in [-0.2, 0) is 0 Å². The van der Waals surface area contributed by atoms with Gasteiger partial charge in [-0.1, -0.05) is 22.5 Å². The molecule has 1 aromatic rings. The molecule has 0 aromatic heterocycles. The van der Waals surface area contributed by atoms with Crippen LogP contribution in [0, 0.1) is 17.0 Å². The average Bonchev–Trinajstić information content (AvgIpc) is 2.09. The second-order valence-corrected chi connectivity index (χ2v) is 3.53. The zero-order valence-corrected chi connectivity index (χ0v) is 9.08. The molecule has 0 saturated carbocycles. The van der Waals surface area contributed by atoms with Gasteiger partial charge in [0, 0.05) is 10.5 Å². The van der Waals surface area contributed by atoms with Gasteiger partial charge in [0.2, 0.25) is 5.75 Å². The number of ether oxygens (including phenoxy) is 1. The molecule has 14 heavy (non-hydrogen) atoms. The highest BCUT2D eigenvalue weighted by Crippen LogP contribution is 2.34. The Labute approximate surface area is 89.5 Å². The summed E-state index contributed by atoms with van der Waals surface area (Å²) in [6.07, 6.45) is 1.17. The molecule has 0 heterocycles. The summed E-state index contributed by atoms with van der Waals surface area (Å²) < 4.78 is 5.64. The molecule has 0 aliphatic rings. The minimum absolute atomic E-state index is 0.0724. The highest BCUT2D eigenvalue weighted by Gasteiger charge is 2.17. The summed E-state index contributed by atoms with van der Waals surface area (Å²) in [5.41, 5.74) is 0.614. The van der Waals surface area contributed by atoms with E-state index >= 15 is 0 Å². The lowest BCUT2D eigenvalue weighted by atomic mass is 10.2. The van der Waals surface area contributed by atoms with Gasteiger partial charge in [0.15, 0.2) is 0 Å². The van der Waals surface area contributed by atoms with E-state index in [1.807, 2.05) is 0 Å². The highest BCUT2D eigenvalue weighted by atomic mass is 79.9. The Balaban J connectivity index is 3.35. The van der Waals surface area contributed by atoms with Gasteiger partial charge >= 0.3 is 5.69 Å². The number of rotatable bonds is 3. The standard InChI is InChI=1S/C9H8BrNO3/c1-3-14-9-6(2)4-7(10)5-8(9)11(12)13/h3-5H,1H2,2H3. The van der Waals surface area contributed by atoms with Crippen molar-refractivity contribution in [2.24, 2.45) is 0 Å². The molecule has 0 amide bonds. The molecule has 1 aromatic carbocycles. The molecule has 74 valence electrons. The third-order valence-electron chi connectivity index (χ3n) is 1.62. The Bertz CT molecular complexity index is 390. The zero-order valence-electron chi connectivity index (χ0n) is 7.49. The molecule has 0 fully saturated rings. The Morgan fingerprint density at radius 2 is 2.29 bits per heavy atom. The van der Waals surface area contributed by atoms with Crippen LogP contribution in [0.4, 0.5) is 5.69 Å². The minimum atomic E-state index is -0.489. The summed E-state index contributed by atoms with van der Waals surface area (Å²) in [7, 11) is 0. The van der Waals surface area contributed by atoms with Crippen LogP contribution in [0.5, 0.6) is 5.75 Å². The van der Waals surface area contributed by atoms with E-state index in [4.69, 9.17) is 4.74 Å². The largest absolute Gasteiger partial charge is 0.458 e. The SMILES string of the molecule is C=COc1c(C)cc(Br)cc1[N+](=O)[O-]. The first-order valence-corrected chi connectivity index (χ1v) is 4.57. The van der Waals surface area contributed by atoms with Crippen LogP contribution in [0.3, 0.4) is 0 Å². The molecule has 0 N–H and O–H groups in total. The van der Waals surface area contributed by atoms with Gasteiger partial charge in [0.25, 0.3) is 0 Å². The maximum Gasteiger partial charge on any atom is 0.312 e. The Kier molecular flexibility index (Phi) is 3.24. The van der Waals surface area contributed by atoms with Crippen LogP contribution in [0.1, 0.15) is 5.56 Å². The Morgan fingerprint density at radius 1 is 1.64 bits per heavy atom. The van der Waals surface area contributed by atoms with Crippen molar-refractivity contribution in [3.05, 3.63) is 45.1 Å². The summed E-state index contributed by atoms with van der Waals surface area (Å²) in [6, 6.07) is 3.14. The van der Waals surface area contributed by atoms with Crippen molar-refractivity contribution < 1.29 is 9.66 Å². The van der Waals surface area contributed by atoms with Gasteiger partial charge in [-0.2, -0.15) is 0 Å². The molecule has 0 aliphatic heterocycles. The molecular weight excluding hydrogens is 250 g/mol. The van der Waals surface area contributed by atoms with Gasteiger partial charge in [0.05, 0.1) is 11.2 Å². The summed E-state index contributed by atoms with van der Waals surface area (Å²) in [5.74, 6) is 0.230. The summed E-state index contributed by atoms with van der Waals surface area (Å²) in [5, 5.41) is 10.7. The van der Waals surface area contributed by atoms with Gasteiger partial charge in [-0.05, 0) is 18.6 Å². The molecule has 0 atom stereocenters. The molecule has 0 unspecified atom stereocenters. The lowest BCUT2D eigenvalue weighted by Crippen LogP contribution is -1.95.